The molecule has 0 radical (unpaired) electrons. The van der Waals surface area contributed by atoms with Gasteiger partial charge in [-0.15, -0.1) is 0 Å². The molecule has 1 aliphatic carbocycles. The van der Waals surface area contributed by atoms with Crippen LogP contribution in [0.5, 0.6) is 0 Å². The van der Waals surface area contributed by atoms with Gasteiger partial charge in [-0.25, -0.2) is 8.42 Å². The third kappa shape index (κ3) is 4.82. The fraction of sp³-hybridized carbons (Fsp3) is 0.545. The van der Waals surface area contributed by atoms with Crippen molar-refractivity contribution in [1.82, 2.24) is 5.32 Å². The maximum Gasteiger partial charge on any atom is 0.238 e. The summed E-state index contributed by atoms with van der Waals surface area (Å²) in [6, 6.07) is 5.44. The van der Waals surface area contributed by atoms with Crippen LogP contribution in [-0.2, 0) is 30.6 Å². The van der Waals surface area contributed by atoms with E-state index in [0.717, 1.165) is 24.7 Å². The fourth-order valence-corrected chi connectivity index (χ4v) is 4.65. The summed E-state index contributed by atoms with van der Waals surface area (Å²) < 4.78 is 28.6. The highest BCUT2D eigenvalue weighted by molar-refractivity contribution is 7.90. The Kier molecular flexibility index (Phi) is 6.23. The molecular weight excluding hydrogens is 404 g/mol. The minimum absolute atomic E-state index is 0.0266. The number of ketones is 1. The average molecular weight is 435 g/mol. The second kappa shape index (κ2) is 8.24. The summed E-state index contributed by atoms with van der Waals surface area (Å²) in [7, 11) is -3.28. The van der Waals surface area contributed by atoms with Gasteiger partial charge in [0.25, 0.3) is 0 Å². The normalized spacial score (nSPS) is 26.5. The molecule has 0 saturated carbocycles. The molecule has 0 aromatic heterocycles. The van der Waals surface area contributed by atoms with Crippen molar-refractivity contribution in [1.29, 1.82) is 0 Å². The van der Waals surface area contributed by atoms with E-state index in [1.165, 1.54) is 12.1 Å². The van der Waals surface area contributed by atoms with Crippen LogP contribution in [0.15, 0.2) is 41.3 Å². The molecule has 3 N–H and O–H groups in total. The first-order valence-electron chi connectivity index (χ1n) is 10.2. The number of carbonyl (C=O) groups excluding carboxylic acids is 2. The first kappa shape index (κ1) is 22.7. The van der Waals surface area contributed by atoms with Gasteiger partial charge in [-0.3, -0.25) is 9.59 Å². The first-order valence-corrected chi connectivity index (χ1v) is 12.1. The molecule has 1 fully saturated rings. The number of epoxide rings is 1. The molecule has 2 aliphatic rings. The standard InChI is InChI=1S/C22H30N2O5S/c1-21(14-29-21)20(26)22(2,16-7-5-4-6-8-16)24-19(25)18(23)13-15-9-11-17(12-10-15)30(3,27)28/h4-5,9-12,16,18H,6-8,13-14,23H2,1-3H3,(H,24,25). The van der Waals surface area contributed by atoms with Gasteiger partial charge in [0.15, 0.2) is 15.6 Å². The summed E-state index contributed by atoms with van der Waals surface area (Å²) in [4.78, 5) is 26.4. The molecule has 4 atom stereocenters. The van der Waals surface area contributed by atoms with E-state index in [1.807, 2.05) is 6.08 Å². The molecule has 7 nitrogen and oxygen atoms in total. The molecule has 0 bridgehead atoms. The summed E-state index contributed by atoms with van der Waals surface area (Å²) in [6.45, 7) is 3.89. The highest BCUT2D eigenvalue weighted by atomic mass is 32.2. The molecule has 164 valence electrons. The SMILES string of the molecule is CC1(C(=O)C(C)(NC(=O)C(N)Cc2ccc(S(C)(=O)=O)cc2)C2CC=CCC2)CO1. The lowest BCUT2D eigenvalue weighted by Crippen LogP contribution is -2.63. The van der Waals surface area contributed by atoms with Crippen molar-refractivity contribution in [2.45, 2.75) is 61.6 Å². The quantitative estimate of drug-likeness (QED) is 0.473. The predicted octanol–water partition coefficient (Wildman–Crippen LogP) is 1.55. The van der Waals surface area contributed by atoms with E-state index >= 15 is 0 Å². The zero-order chi connectivity index (χ0) is 22.2. The highest BCUT2D eigenvalue weighted by Crippen LogP contribution is 2.38. The number of nitrogens with one attached hydrogen (secondary N) is 1. The molecule has 1 aliphatic heterocycles. The maximum atomic E-state index is 13.2. The van der Waals surface area contributed by atoms with Crippen molar-refractivity contribution in [3.8, 4) is 0 Å². The van der Waals surface area contributed by atoms with Gasteiger partial charge in [-0.1, -0.05) is 24.3 Å². The maximum absolute atomic E-state index is 13.2. The second-order valence-corrected chi connectivity index (χ2v) is 10.8. The van der Waals surface area contributed by atoms with Crippen LogP contribution in [0.25, 0.3) is 0 Å². The third-order valence-corrected chi connectivity index (χ3v) is 7.27. The molecular formula is C22H30N2O5S. The lowest BCUT2D eigenvalue weighted by molar-refractivity contribution is -0.137. The Hall–Kier alpha value is -2.03. The molecule has 4 unspecified atom stereocenters. The number of hydrogen-bond donors (Lipinski definition) is 2. The molecule has 0 spiro atoms. The van der Waals surface area contributed by atoms with Gasteiger partial charge < -0.3 is 15.8 Å². The zero-order valence-corrected chi connectivity index (χ0v) is 18.5. The van der Waals surface area contributed by atoms with E-state index in [0.29, 0.717) is 13.0 Å². The number of sulfone groups is 1. The Balaban J connectivity index is 1.73. The second-order valence-electron chi connectivity index (χ2n) is 8.75. The van der Waals surface area contributed by atoms with Crippen molar-refractivity contribution >= 4 is 21.5 Å². The smallest absolute Gasteiger partial charge is 0.238 e. The number of allylic oxidation sites excluding steroid dienone is 2. The van der Waals surface area contributed by atoms with E-state index < -0.39 is 32.9 Å². The van der Waals surface area contributed by atoms with Crippen LogP contribution < -0.4 is 11.1 Å². The van der Waals surface area contributed by atoms with E-state index in [-0.39, 0.29) is 23.0 Å². The largest absolute Gasteiger partial charge is 0.361 e. The number of hydrogen-bond acceptors (Lipinski definition) is 6. The third-order valence-electron chi connectivity index (χ3n) is 6.14. The highest BCUT2D eigenvalue weighted by Gasteiger charge is 2.57. The van der Waals surface area contributed by atoms with Crippen LogP contribution in [0.1, 0.15) is 38.7 Å². The number of amides is 1. The Morgan fingerprint density at radius 3 is 2.43 bits per heavy atom. The molecule has 30 heavy (non-hydrogen) atoms. The van der Waals surface area contributed by atoms with Gasteiger partial charge in [0.05, 0.1) is 17.5 Å². The lowest BCUT2D eigenvalue weighted by Gasteiger charge is -2.39. The Labute approximate surface area is 178 Å². The molecule has 1 saturated heterocycles. The van der Waals surface area contributed by atoms with Crippen LogP contribution in [0.2, 0.25) is 0 Å². The van der Waals surface area contributed by atoms with E-state index in [9.17, 15) is 18.0 Å². The molecule has 8 heteroatoms. The summed E-state index contributed by atoms with van der Waals surface area (Å²) in [5.74, 6) is -0.550. The van der Waals surface area contributed by atoms with Crippen molar-refractivity contribution in [3.05, 3.63) is 42.0 Å². The van der Waals surface area contributed by atoms with Crippen molar-refractivity contribution in [2.24, 2.45) is 11.7 Å². The predicted molar refractivity (Wildman–Crippen MR) is 114 cm³/mol. The van der Waals surface area contributed by atoms with Gasteiger partial charge in [0.1, 0.15) is 11.1 Å². The monoisotopic (exact) mass is 434 g/mol. The van der Waals surface area contributed by atoms with Crippen molar-refractivity contribution < 1.29 is 22.7 Å². The van der Waals surface area contributed by atoms with Gasteiger partial charge in [-0.05, 0) is 63.1 Å². The Morgan fingerprint density at radius 2 is 1.93 bits per heavy atom. The average Bonchev–Trinajstić information content (AvgIpc) is 3.46. The van der Waals surface area contributed by atoms with Crippen LogP contribution in [0.4, 0.5) is 0 Å². The molecule has 3 rings (SSSR count). The van der Waals surface area contributed by atoms with E-state index in [1.54, 1.807) is 26.0 Å². The zero-order valence-electron chi connectivity index (χ0n) is 17.7. The molecule has 1 heterocycles. The summed E-state index contributed by atoms with van der Waals surface area (Å²) in [6.07, 6.45) is 7.88. The topological polar surface area (TPSA) is 119 Å². The minimum Gasteiger partial charge on any atom is -0.361 e. The Bertz CT molecular complexity index is 950. The number of benzene rings is 1. The minimum atomic E-state index is -3.28. The summed E-state index contributed by atoms with van der Waals surface area (Å²) in [5.41, 5.74) is 4.98. The van der Waals surface area contributed by atoms with Crippen LogP contribution in [-0.4, -0.2) is 50.2 Å². The summed E-state index contributed by atoms with van der Waals surface area (Å²) >= 11 is 0. The number of carbonyl (C=O) groups is 2. The number of ether oxygens (including phenoxy) is 1. The number of rotatable bonds is 8. The number of Topliss-reactive ketones (excluding diaryl/α,β-unsaturated/α-hetero) is 1. The van der Waals surface area contributed by atoms with Crippen LogP contribution in [0, 0.1) is 5.92 Å². The van der Waals surface area contributed by atoms with E-state index in [2.05, 4.69) is 11.4 Å². The van der Waals surface area contributed by atoms with E-state index in [4.69, 9.17) is 10.5 Å². The van der Waals surface area contributed by atoms with Gasteiger partial charge >= 0.3 is 0 Å². The van der Waals surface area contributed by atoms with Crippen LogP contribution >= 0.6 is 0 Å². The van der Waals surface area contributed by atoms with Crippen molar-refractivity contribution in [3.63, 3.8) is 0 Å². The van der Waals surface area contributed by atoms with Gasteiger partial charge in [-0.2, -0.15) is 0 Å². The Morgan fingerprint density at radius 1 is 1.30 bits per heavy atom. The van der Waals surface area contributed by atoms with Gasteiger partial charge in [0, 0.05) is 6.26 Å². The van der Waals surface area contributed by atoms with Crippen molar-refractivity contribution in [2.75, 3.05) is 12.9 Å². The van der Waals surface area contributed by atoms with Crippen LogP contribution in [0.3, 0.4) is 0 Å². The first-order chi connectivity index (χ1) is 14.0. The lowest BCUT2D eigenvalue weighted by atomic mass is 9.72. The fourth-order valence-electron chi connectivity index (χ4n) is 4.02. The molecule has 1 aromatic carbocycles. The summed E-state index contributed by atoms with van der Waals surface area (Å²) in [5, 5.41) is 2.94. The van der Waals surface area contributed by atoms with Gasteiger partial charge in [0.2, 0.25) is 5.91 Å². The number of nitrogens with two attached hydrogens (primary N) is 1. The molecule has 1 aromatic rings. The molecule has 1 amide bonds.